The third kappa shape index (κ3) is 10.0. The van der Waals surface area contributed by atoms with Gasteiger partial charge in [-0.25, -0.2) is 19.1 Å². The molecule has 0 aliphatic carbocycles. The second-order valence-corrected chi connectivity index (χ2v) is 17.8. The molecule has 21 heteroatoms. The molecule has 3 N–H and O–H groups in total. The van der Waals surface area contributed by atoms with Gasteiger partial charge in [-0.3, -0.25) is 34.3 Å². The molecule has 19 nitrogen and oxygen atoms in total. The van der Waals surface area contributed by atoms with Crippen LogP contribution in [0.15, 0.2) is 101 Å². The molecule has 2 fully saturated rings. The fraction of sp³-hybridized carbons (Fsp3) is 0.349. The second-order valence-electron chi connectivity index (χ2n) is 15.8. The highest BCUT2D eigenvalue weighted by molar-refractivity contribution is 8.01. The van der Waals surface area contributed by atoms with Crippen molar-refractivity contribution in [2.45, 2.75) is 62.0 Å². The predicted molar refractivity (Wildman–Crippen MR) is 234 cm³/mol. The lowest BCUT2D eigenvalue weighted by atomic mass is 10.00. The Balaban J connectivity index is 1.15. The minimum atomic E-state index is -1.49. The van der Waals surface area contributed by atoms with Gasteiger partial charge in [-0.15, -0.1) is 16.9 Å². The van der Waals surface area contributed by atoms with Gasteiger partial charge in [0.1, 0.15) is 28.8 Å². The number of hydrogen-bond acceptors (Lipinski definition) is 14. The molecular weight excluding hydrogens is 865 g/mol. The van der Waals surface area contributed by atoms with Crippen LogP contribution < -0.4 is 16.0 Å². The summed E-state index contributed by atoms with van der Waals surface area (Å²) in [6.45, 7) is 7.12. The van der Waals surface area contributed by atoms with Gasteiger partial charge in [-0.2, -0.15) is 0 Å². The number of esters is 1. The number of thioether (sulfide) groups is 2. The molecule has 4 heterocycles. The zero-order valence-corrected chi connectivity index (χ0v) is 37.2. The highest BCUT2D eigenvalue weighted by Crippen LogP contribution is 2.43. The summed E-state index contributed by atoms with van der Waals surface area (Å²) >= 11 is 2.60. The van der Waals surface area contributed by atoms with E-state index in [9.17, 15) is 33.6 Å². The highest BCUT2D eigenvalue weighted by Gasteiger charge is 2.55. The Morgan fingerprint density at radius 3 is 2.14 bits per heavy atom. The van der Waals surface area contributed by atoms with Crippen LogP contribution in [-0.4, -0.2) is 125 Å². The number of hydrogen-bond donors (Lipinski definition) is 3. The molecule has 0 unspecified atom stereocenters. The monoisotopic (exact) mass is 910 g/mol. The van der Waals surface area contributed by atoms with Crippen LogP contribution in [0.5, 0.6) is 0 Å². The number of anilines is 1. The van der Waals surface area contributed by atoms with E-state index in [1.165, 1.54) is 62.3 Å². The minimum absolute atomic E-state index is 0.0334. The van der Waals surface area contributed by atoms with E-state index < -0.39 is 70.9 Å². The summed E-state index contributed by atoms with van der Waals surface area (Å²) in [7, 11) is 1.68. The molecule has 1 aromatic heterocycles. The average molecular weight is 911 g/mol. The summed E-state index contributed by atoms with van der Waals surface area (Å²) in [6.07, 6.45) is -1.53. The lowest BCUT2D eigenvalue weighted by Gasteiger charge is -2.50. The van der Waals surface area contributed by atoms with E-state index >= 15 is 0 Å². The number of amides is 7. The molecule has 0 saturated carbocycles. The number of aromatic nitrogens is 4. The number of benzene rings is 3. The van der Waals surface area contributed by atoms with Crippen molar-refractivity contribution in [3.63, 3.8) is 0 Å². The molecule has 0 bridgehead atoms. The van der Waals surface area contributed by atoms with E-state index in [1.807, 2.05) is 60.7 Å². The fourth-order valence-corrected chi connectivity index (χ4v) is 9.45. The van der Waals surface area contributed by atoms with Crippen molar-refractivity contribution in [2.24, 2.45) is 7.05 Å². The van der Waals surface area contributed by atoms with Crippen molar-refractivity contribution in [3.05, 3.63) is 113 Å². The first-order chi connectivity index (χ1) is 30.6. The van der Waals surface area contributed by atoms with E-state index in [1.54, 1.807) is 34.7 Å². The molecule has 3 aromatic carbocycles. The van der Waals surface area contributed by atoms with Crippen LogP contribution in [0.1, 0.15) is 56.5 Å². The molecule has 3 atom stereocenters. The lowest BCUT2D eigenvalue weighted by molar-refractivity contribution is -0.155. The number of tetrazole rings is 1. The highest BCUT2D eigenvalue weighted by atomic mass is 32.2. The van der Waals surface area contributed by atoms with Gasteiger partial charge < -0.3 is 25.0 Å². The van der Waals surface area contributed by atoms with E-state index in [-0.39, 0.29) is 42.4 Å². The molecule has 64 heavy (non-hydrogen) atoms. The molecule has 7 rings (SSSR count). The van der Waals surface area contributed by atoms with Crippen LogP contribution in [0.2, 0.25) is 0 Å². The molecule has 0 radical (unpaired) electrons. The first kappa shape index (κ1) is 45.3. The summed E-state index contributed by atoms with van der Waals surface area (Å²) in [6, 6.07) is 20.7. The lowest BCUT2D eigenvalue weighted by Crippen LogP contribution is -2.71. The molecule has 0 spiro atoms. The van der Waals surface area contributed by atoms with E-state index in [2.05, 4.69) is 31.5 Å². The molecule has 3 aliphatic heterocycles. The third-order valence-corrected chi connectivity index (χ3v) is 12.7. The number of rotatable bonds is 13. The van der Waals surface area contributed by atoms with Gasteiger partial charge in [0, 0.05) is 43.9 Å². The summed E-state index contributed by atoms with van der Waals surface area (Å²) in [5.41, 5.74) is 1.83. The number of aryl methyl sites for hydroxylation is 1. The number of fused-ring (bicyclic) bond motifs is 1. The number of nitrogens with one attached hydrogen (secondary N) is 3. The maximum Gasteiger partial charge on any atom is 0.412 e. The molecule has 7 amide bonds. The Labute approximate surface area is 376 Å². The minimum Gasteiger partial charge on any atom is -0.448 e. The fourth-order valence-electron chi connectivity index (χ4n) is 7.11. The van der Waals surface area contributed by atoms with Crippen LogP contribution in [0.25, 0.3) is 0 Å². The number of imide groups is 1. The Morgan fingerprint density at radius 2 is 1.55 bits per heavy atom. The Morgan fingerprint density at radius 1 is 0.891 bits per heavy atom. The van der Waals surface area contributed by atoms with Crippen molar-refractivity contribution in [3.8, 4) is 0 Å². The second kappa shape index (κ2) is 19.3. The summed E-state index contributed by atoms with van der Waals surface area (Å²) in [5.74, 6) is -3.57. The Bertz CT molecular complexity index is 2420. The standard InChI is InChI=1S/C43H46N10O9S2/c1-6-51-21-22-52(37(57)36(51)56)40(59)46-30(25-17-19-29(20-18-25)44-42(60)62-43(2,3)4)34(54)45-31-35(55)53-32(28(23-63-38(31)53)24-64-41-47-48-49-50(41)5)39(58)61-33(26-13-9-7-10-14-26)27-15-11-8-12-16-27/h7-20,30-31,33,38H,6,21-24H2,1-5H3,(H,44,60)(H,45,54)(H,46,59)/t30-,31-,38+/m1/s1. The topological polar surface area (TPSA) is 227 Å². The third-order valence-electron chi connectivity index (χ3n) is 10.3. The van der Waals surface area contributed by atoms with Crippen molar-refractivity contribution in [2.75, 3.05) is 36.5 Å². The molecular formula is C43H46N10O9S2. The zero-order valence-electron chi connectivity index (χ0n) is 35.5. The molecule has 4 aromatic rings. The Hall–Kier alpha value is -6.74. The van der Waals surface area contributed by atoms with Gasteiger partial charge in [-0.05, 0) is 72.5 Å². The summed E-state index contributed by atoms with van der Waals surface area (Å²) < 4.78 is 13.1. The first-order valence-corrected chi connectivity index (χ1v) is 22.3. The number of β-lactam (4-membered cyclic amide) rings is 1. The largest absolute Gasteiger partial charge is 0.448 e. The number of urea groups is 1. The summed E-state index contributed by atoms with van der Waals surface area (Å²) in [5, 5.41) is 19.3. The maximum absolute atomic E-state index is 14.5. The van der Waals surface area contributed by atoms with Crippen LogP contribution >= 0.6 is 23.5 Å². The average Bonchev–Trinajstić information content (AvgIpc) is 3.70. The van der Waals surface area contributed by atoms with Crippen LogP contribution in [0.3, 0.4) is 0 Å². The number of nitrogens with zero attached hydrogens (tertiary/aromatic N) is 7. The van der Waals surface area contributed by atoms with Crippen molar-refractivity contribution in [1.82, 2.24) is 45.5 Å². The zero-order chi connectivity index (χ0) is 45.7. The van der Waals surface area contributed by atoms with Crippen molar-refractivity contribution in [1.29, 1.82) is 0 Å². The van der Waals surface area contributed by atoms with Gasteiger partial charge in [0.05, 0.1) is 0 Å². The van der Waals surface area contributed by atoms with Crippen LogP contribution in [0.4, 0.5) is 15.3 Å². The SMILES string of the molecule is CCN1CCN(C(=O)N[C@@H](C(=O)N[C@@H]2C(=O)N3C(C(=O)OC(c4ccccc4)c4ccccc4)=C(CSc4nnnn4C)CS[C@@H]23)c2ccc(NC(=O)OC(C)(C)C)cc2)C(=O)C1=O. The normalized spacial score (nSPS) is 18.0. The Kier molecular flexibility index (Phi) is 13.7. The quantitative estimate of drug-likeness (QED) is 0.0752. The van der Waals surface area contributed by atoms with Gasteiger partial charge in [0.25, 0.3) is 5.91 Å². The summed E-state index contributed by atoms with van der Waals surface area (Å²) in [4.78, 5) is 98.3. The van der Waals surface area contributed by atoms with Crippen molar-refractivity contribution >= 4 is 70.9 Å². The van der Waals surface area contributed by atoms with Gasteiger partial charge in [0.2, 0.25) is 11.1 Å². The van der Waals surface area contributed by atoms with E-state index in [0.717, 1.165) is 4.90 Å². The van der Waals surface area contributed by atoms with E-state index in [4.69, 9.17) is 9.47 Å². The van der Waals surface area contributed by atoms with Gasteiger partial charge >= 0.3 is 29.9 Å². The maximum atomic E-state index is 14.5. The van der Waals surface area contributed by atoms with E-state index in [0.29, 0.717) is 27.5 Å². The number of piperazine rings is 1. The van der Waals surface area contributed by atoms with Crippen LogP contribution in [0, 0.1) is 0 Å². The number of likely N-dealkylation sites (N-methyl/N-ethyl adjacent to an activating group) is 1. The molecule has 334 valence electrons. The smallest absolute Gasteiger partial charge is 0.412 e. The predicted octanol–water partition coefficient (Wildman–Crippen LogP) is 3.78. The van der Waals surface area contributed by atoms with Gasteiger partial charge in [0.15, 0.2) is 6.10 Å². The van der Waals surface area contributed by atoms with Gasteiger partial charge in [-0.1, -0.05) is 84.6 Å². The van der Waals surface area contributed by atoms with Crippen LogP contribution in [-0.2, 0) is 40.5 Å². The first-order valence-electron chi connectivity index (χ1n) is 20.3. The number of carbonyl (C=O) groups excluding carboxylic acids is 7. The molecule has 3 aliphatic rings. The number of carbonyl (C=O) groups is 7. The van der Waals surface area contributed by atoms with Crippen molar-refractivity contribution < 1.29 is 43.0 Å². The number of ether oxygens (including phenoxy) is 2. The molecule has 2 saturated heterocycles.